The Morgan fingerprint density at radius 2 is 2.05 bits per heavy atom. The van der Waals surface area contributed by atoms with E-state index in [1.54, 1.807) is 0 Å². The zero-order chi connectivity index (χ0) is 15.9. The molecule has 0 saturated heterocycles. The Hall–Kier alpha value is -1.32. The van der Waals surface area contributed by atoms with E-state index in [9.17, 15) is 0 Å². The fourth-order valence-corrected chi connectivity index (χ4v) is 4.21. The largest absolute Gasteiger partial charge is 0.364 e. The van der Waals surface area contributed by atoms with Crippen LogP contribution in [0.1, 0.15) is 37.9 Å². The van der Waals surface area contributed by atoms with Gasteiger partial charge in [-0.2, -0.15) is 0 Å². The van der Waals surface area contributed by atoms with Crippen molar-refractivity contribution in [3.63, 3.8) is 0 Å². The Balaban J connectivity index is 2.16. The third kappa shape index (κ3) is 2.46. The number of aryl methyl sites for hydroxylation is 1. The van der Waals surface area contributed by atoms with Gasteiger partial charge in [0, 0.05) is 30.9 Å². The molecule has 0 amide bonds. The summed E-state index contributed by atoms with van der Waals surface area (Å²) in [6, 6.07) is 8.76. The average Bonchev–Trinajstić information content (AvgIpc) is 2.73. The fourth-order valence-electron chi connectivity index (χ4n) is 4.21. The van der Waals surface area contributed by atoms with Crippen LogP contribution in [-0.4, -0.2) is 36.2 Å². The second kappa shape index (κ2) is 5.71. The summed E-state index contributed by atoms with van der Waals surface area (Å²) in [6.07, 6.45) is 3.47. The molecule has 2 atom stereocenters. The van der Waals surface area contributed by atoms with Gasteiger partial charge in [-0.1, -0.05) is 31.5 Å². The molecule has 0 saturated carbocycles. The summed E-state index contributed by atoms with van der Waals surface area (Å²) in [4.78, 5) is 2.23. The van der Waals surface area contributed by atoms with Gasteiger partial charge in [0.05, 0.1) is 11.8 Å². The number of hydrogen-bond acceptors (Lipinski definition) is 2. The molecule has 120 valence electrons. The van der Waals surface area contributed by atoms with Crippen LogP contribution in [0.15, 0.2) is 24.3 Å². The predicted molar refractivity (Wildman–Crippen MR) is 92.3 cm³/mol. The van der Waals surface area contributed by atoms with Gasteiger partial charge in [0.2, 0.25) is 0 Å². The summed E-state index contributed by atoms with van der Waals surface area (Å²) in [5.74, 6) is 0. The standard InChI is InChI=1S/C19H28N2O/c1-6-11-19(2)18-16(12-14(22-19)13-20(3)4)15-9-7-8-10-17(15)21(18)5/h7-10,14H,6,11-13H2,1-5H3. The number of benzene rings is 1. The minimum Gasteiger partial charge on any atom is -0.364 e. The summed E-state index contributed by atoms with van der Waals surface area (Å²) in [5.41, 5.74) is 4.01. The van der Waals surface area contributed by atoms with Gasteiger partial charge < -0.3 is 14.2 Å². The first-order valence-electron chi connectivity index (χ1n) is 8.35. The Morgan fingerprint density at radius 3 is 2.73 bits per heavy atom. The van der Waals surface area contributed by atoms with E-state index < -0.39 is 0 Å². The van der Waals surface area contributed by atoms with Crippen molar-refractivity contribution in [1.82, 2.24) is 9.47 Å². The van der Waals surface area contributed by atoms with E-state index in [1.165, 1.54) is 22.2 Å². The normalized spacial score (nSPS) is 24.9. The van der Waals surface area contributed by atoms with Crippen LogP contribution in [0.4, 0.5) is 0 Å². The van der Waals surface area contributed by atoms with E-state index in [4.69, 9.17) is 4.74 Å². The quantitative estimate of drug-likeness (QED) is 0.856. The van der Waals surface area contributed by atoms with Gasteiger partial charge in [0.1, 0.15) is 5.60 Å². The highest BCUT2D eigenvalue weighted by atomic mass is 16.5. The van der Waals surface area contributed by atoms with E-state index in [2.05, 4.69) is 68.7 Å². The molecule has 2 aromatic rings. The van der Waals surface area contributed by atoms with Gasteiger partial charge in [-0.3, -0.25) is 0 Å². The zero-order valence-electron chi connectivity index (χ0n) is 14.5. The van der Waals surface area contributed by atoms with Gasteiger partial charge in [-0.05, 0) is 39.1 Å². The second-order valence-electron chi connectivity index (χ2n) is 7.09. The number of rotatable bonds is 4. The lowest BCUT2D eigenvalue weighted by Gasteiger charge is -2.40. The molecule has 1 aromatic heterocycles. The number of ether oxygens (including phenoxy) is 1. The minimum atomic E-state index is -0.184. The summed E-state index contributed by atoms with van der Waals surface area (Å²) < 4.78 is 8.95. The molecule has 0 bridgehead atoms. The Labute approximate surface area is 133 Å². The van der Waals surface area contributed by atoms with E-state index in [1.807, 2.05) is 0 Å². The van der Waals surface area contributed by atoms with E-state index in [0.29, 0.717) is 0 Å². The Bertz CT molecular complexity index is 673. The second-order valence-corrected chi connectivity index (χ2v) is 7.09. The highest BCUT2D eigenvalue weighted by Gasteiger charge is 2.40. The maximum absolute atomic E-state index is 6.60. The monoisotopic (exact) mass is 300 g/mol. The zero-order valence-corrected chi connectivity index (χ0v) is 14.5. The number of para-hydroxylation sites is 1. The third-order valence-corrected chi connectivity index (χ3v) is 4.87. The van der Waals surface area contributed by atoms with Crippen molar-refractivity contribution < 1.29 is 4.74 Å². The van der Waals surface area contributed by atoms with Crippen LogP contribution in [0.2, 0.25) is 0 Å². The van der Waals surface area contributed by atoms with Crippen molar-refractivity contribution in [2.24, 2.45) is 7.05 Å². The first-order valence-corrected chi connectivity index (χ1v) is 8.35. The van der Waals surface area contributed by atoms with E-state index in [0.717, 1.165) is 25.8 Å². The maximum Gasteiger partial charge on any atom is 0.106 e. The van der Waals surface area contributed by atoms with E-state index >= 15 is 0 Å². The number of aromatic nitrogens is 1. The van der Waals surface area contributed by atoms with Crippen LogP contribution < -0.4 is 0 Å². The first kappa shape index (κ1) is 15.6. The average molecular weight is 300 g/mol. The summed E-state index contributed by atoms with van der Waals surface area (Å²) in [6.45, 7) is 5.49. The molecule has 0 N–H and O–H groups in total. The summed E-state index contributed by atoms with van der Waals surface area (Å²) in [7, 11) is 6.43. The molecule has 3 heteroatoms. The van der Waals surface area contributed by atoms with Crippen LogP contribution in [0.5, 0.6) is 0 Å². The van der Waals surface area contributed by atoms with Gasteiger partial charge in [0.25, 0.3) is 0 Å². The van der Waals surface area contributed by atoms with Crippen LogP contribution >= 0.6 is 0 Å². The molecule has 22 heavy (non-hydrogen) atoms. The van der Waals surface area contributed by atoms with Gasteiger partial charge in [0.15, 0.2) is 0 Å². The maximum atomic E-state index is 6.60. The molecule has 3 nitrogen and oxygen atoms in total. The van der Waals surface area contributed by atoms with Crippen molar-refractivity contribution in [3.8, 4) is 0 Å². The molecule has 0 radical (unpaired) electrons. The fraction of sp³-hybridized carbons (Fsp3) is 0.579. The lowest BCUT2D eigenvalue weighted by Crippen LogP contribution is -2.43. The molecule has 0 fully saturated rings. The number of nitrogens with zero attached hydrogens (tertiary/aromatic N) is 2. The molecule has 3 rings (SSSR count). The van der Waals surface area contributed by atoms with Crippen molar-refractivity contribution in [1.29, 1.82) is 0 Å². The summed E-state index contributed by atoms with van der Waals surface area (Å²) >= 11 is 0. The van der Waals surface area contributed by atoms with E-state index in [-0.39, 0.29) is 11.7 Å². The number of fused-ring (bicyclic) bond motifs is 3. The first-order chi connectivity index (χ1) is 10.5. The smallest absolute Gasteiger partial charge is 0.106 e. The highest BCUT2D eigenvalue weighted by Crippen LogP contribution is 2.43. The molecule has 0 spiro atoms. The molecular formula is C19H28N2O. The Morgan fingerprint density at radius 1 is 1.32 bits per heavy atom. The SMILES string of the molecule is CCCC1(C)OC(CN(C)C)Cc2c1n(C)c1ccccc21. The molecule has 2 heterocycles. The van der Waals surface area contributed by atoms with Crippen LogP contribution in [0.3, 0.4) is 0 Å². The Kier molecular flexibility index (Phi) is 4.04. The van der Waals surface area contributed by atoms with Crippen LogP contribution in [0.25, 0.3) is 10.9 Å². The third-order valence-electron chi connectivity index (χ3n) is 4.87. The number of likely N-dealkylation sites (N-methyl/N-ethyl adjacent to an activating group) is 1. The molecular weight excluding hydrogens is 272 g/mol. The summed E-state index contributed by atoms with van der Waals surface area (Å²) in [5, 5.41) is 1.40. The van der Waals surface area contributed by atoms with Crippen molar-refractivity contribution in [2.45, 2.75) is 44.8 Å². The number of hydrogen-bond donors (Lipinski definition) is 0. The van der Waals surface area contributed by atoms with Crippen molar-refractivity contribution in [2.75, 3.05) is 20.6 Å². The topological polar surface area (TPSA) is 17.4 Å². The highest BCUT2D eigenvalue weighted by molar-refractivity contribution is 5.86. The van der Waals surface area contributed by atoms with Crippen molar-refractivity contribution >= 4 is 10.9 Å². The minimum absolute atomic E-state index is 0.184. The van der Waals surface area contributed by atoms with Crippen molar-refractivity contribution in [3.05, 3.63) is 35.5 Å². The van der Waals surface area contributed by atoms with Crippen LogP contribution in [-0.2, 0) is 23.8 Å². The van der Waals surface area contributed by atoms with Gasteiger partial charge in [-0.15, -0.1) is 0 Å². The van der Waals surface area contributed by atoms with Gasteiger partial charge in [-0.25, -0.2) is 0 Å². The molecule has 1 aromatic carbocycles. The van der Waals surface area contributed by atoms with Gasteiger partial charge >= 0.3 is 0 Å². The lowest BCUT2D eigenvalue weighted by atomic mass is 9.86. The predicted octanol–water partition coefficient (Wildman–Crippen LogP) is 3.70. The van der Waals surface area contributed by atoms with Crippen LogP contribution in [0, 0.1) is 0 Å². The molecule has 1 aliphatic rings. The molecule has 2 unspecified atom stereocenters. The molecule has 1 aliphatic heterocycles. The molecule has 0 aliphatic carbocycles. The lowest BCUT2D eigenvalue weighted by molar-refractivity contribution is -0.114.